The van der Waals surface area contributed by atoms with Crippen molar-refractivity contribution in [1.29, 1.82) is 0 Å². The predicted molar refractivity (Wildman–Crippen MR) is 111 cm³/mol. The molecule has 0 unspecified atom stereocenters. The second-order valence-electron chi connectivity index (χ2n) is 7.44. The average Bonchev–Trinajstić information content (AvgIpc) is 2.97. The highest BCUT2D eigenvalue weighted by Crippen LogP contribution is 2.29. The van der Waals surface area contributed by atoms with Gasteiger partial charge < -0.3 is 14.5 Å². The minimum absolute atomic E-state index is 0.0374. The molecule has 2 rings (SSSR count). The Bertz CT molecular complexity index is 751. The lowest BCUT2D eigenvalue weighted by Gasteiger charge is -2.26. The van der Waals surface area contributed by atoms with Crippen molar-refractivity contribution in [2.45, 2.75) is 30.7 Å². The third-order valence-electron chi connectivity index (χ3n) is 3.50. The van der Waals surface area contributed by atoms with E-state index >= 15 is 0 Å². The fourth-order valence-corrected chi connectivity index (χ4v) is 4.24. The summed E-state index contributed by atoms with van der Waals surface area (Å²) in [5, 5.41) is 0. The van der Waals surface area contributed by atoms with E-state index in [1.807, 2.05) is 64.0 Å². The van der Waals surface area contributed by atoms with E-state index in [1.165, 1.54) is 11.8 Å². The normalized spacial score (nSPS) is 11.8. The van der Waals surface area contributed by atoms with Crippen LogP contribution in [-0.2, 0) is 14.3 Å². The molecule has 27 heavy (non-hydrogen) atoms. The number of ether oxygens (including phenoxy) is 1. The maximum Gasteiger partial charge on any atom is 0.326 e. The first-order chi connectivity index (χ1) is 12.6. The molecule has 1 heterocycles. The molecule has 0 aliphatic rings. The van der Waals surface area contributed by atoms with Crippen LogP contribution in [0.4, 0.5) is 0 Å². The van der Waals surface area contributed by atoms with E-state index in [4.69, 9.17) is 4.74 Å². The Morgan fingerprint density at radius 1 is 1.19 bits per heavy atom. The third kappa shape index (κ3) is 7.48. The van der Waals surface area contributed by atoms with Crippen molar-refractivity contribution in [2.75, 3.05) is 39.5 Å². The van der Waals surface area contributed by atoms with Gasteiger partial charge in [0, 0.05) is 13.1 Å². The van der Waals surface area contributed by atoms with Crippen molar-refractivity contribution in [3.63, 3.8) is 0 Å². The average molecular weight is 410 g/mol. The number of hydrogen-bond acceptors (Lipinski definition) is 7. The largest absolute Gasteiger partial charge is 0.459 e. The molecule has 0 atom stereocenters. The van der Waals surface area contributed by atoms with Gasteiger partial charge in [0.1, 0.15) is 12.1 Å². The number of fused-ring (bicyclic) bond motifs is 1. The highest BCUT2D eigenvalue weighted by atomic mass is 32.2. The fraction of sp³-hybridized carbons (Fsp3) is 0.526. The van der Waals surface area contributed by atoms with Crippen molar-refractivity contribution in [3.8, 4) is 0 Å². The second-order valence-corrected chi connectivity index (χ2v) is 9.69. The molecule has 6 nitrogen and oxygen atoms in total. The molecular formula is C19H27N3O3S2. The van der Waals surface area contributed by atoms with Crippen molar-refractivity contribution in [3.05, 3.63) is 24.3 Å². The van der Waals surface area contributed by atoms with E-state index in [1.54, 1.807) is 16.2 Å². The summed E-state index contributed by atoms with van der Waals surface area (Å²) in [4.78, 5) is 32.9. The van der Waals surface area contributed by atoms with E-state index in [-0.39, 0.29) is 24.2 Å². The van der Waals surface area contributed by atoms with Gasteiger partial charge in [-0.15, -0.1) is 11.3 Å². The molecule has 0 aliphatic carbocycles. The Morgan fingerprint density at radius 3 is 2.52 bits per heavy atom. The fourth-order valence-electron chi connectivity index (χ4n) is 2.27. The molecule has 1 amide bonds. The molecule has 148 valence electrons. The van der Waals surface area contributed by atoms with E-state index in [0.29, 0.717) is 13.1 Å². The van der Waals surface area contributed by atoms with E-state index in [0.717, 1.165) is 14.6 Å². The van der Waals surface area contributed by atoms with Crippen LogP contribution >= 0.6 is 23.1 Å². The molecule has 0 saturated heterocycles. The Labute approximate surface area is 168 Å². The monoisotopic (exact) mass is 409 g/mol. The maximum absolute atomic E-state index is 12.7. The lowest BCUT2D eigenvalue weighted by molar-refractivity contribution is -0.158. The molecule has 1 aromatic carbocycles. The number of thiazole rings is 1. The summed E-state index contributed by atoms with van der Waals surface area (Å²) in [7, 11) is 3.87. The van der Waals surface area contributed by atoms with Gasteiger partial charge >= 0.3 is 5.97 Å². The van der Waals surface area contributed by atoms with Gasteiger partial charge in [-0.05, 0) is 47.0 Å². The van der Waals surface area contributed by atoms with Gasteiger partial charge in [0.25, 0.3) is 0 Å². The molecule has 1 aromatic heterocycles. The smallest absolute Gasteiger partial charge is 0.326 e. The number of para-hydroxylation sites is 1. The molecule has 0 radical (unpaired) electrons. The number of carbonyl (C=O) groups is 2. The lowest BCUT2D eigenvalue weighted by atomic mass is 10.2. The van der Waals surface area contributed by atoms with Crippen molar-refractivity contribution in [2.24, 2.45) is 0 Å². The highest BCUT2D eigenvalue weighted by molar-refractivity contribution is 8.01. The van der Waals surface area contributed by atoms with Crippen LogP contribution in [0, 0.1) is 0 Å². The molecule has 0 bridgehead atoms. The van der Waals surface area contributed by atoms with Gasteiger partial charge in [0.2, 0.25) is 5.91 Å². The lowest BCUT2D eigenvalue weighted by Crippen LogP contribution is -2.42. The molecule has 0 N–H and O–H groups in total. The van der Waals surface area contributed by atoms with Crippen LogP contribution < -0.4 is 0 Å². The van der Waals surface area contributed by atoms with Crippen LogP contribution in [0.1, 0.15) is 20.8 Å². The number of amides is 1. The minimum Gasteiger partial charge on any atom is -0.459 e. The molecular weight excluding hydrogens is 382 g/mol. The zero-order valence-corrected chi connectivity index (χ0v) is 18.2. The molecule has 0 aliphatic heterocycles. The molecule has 8 heteroatoms. The van der Waals surface area contributed by atoms with Crippen molar-refractivity contribution < 1.29 is 14.3 Å². The van der Waals surface area contributed by atoms with Gasteiger partial charge in [-0.1, -0.05) is 23.9 Å². The predicted octanol–water partition coefficient (Wildman–Crippen LogP) is 3.12. The zero-order chi connectivity index (χ0) is 20.0. The van der Waals surface area contributed by atoms with E-state index in [9.17, 15) is 9.59 Å². The second kappa shape index (κ2) is 9.52. The SMILES string of the molecule is CN(C)CCN(CC(=O)OC(C)(C)C)C(=O)CSc1nc2ccccc2s1. The number of likely N-dealkylation sites (N-methyl/N-ethyl adjacent to an activating group) is 1. The van der Waals surface area contributed by atoms with Crippen molar-refractivity contribution >= 4 is 45.2 Å². The number of thioether (sulfide) groups is 1. The van der Waals surface area contributed by atoms with Gasteiger partial charge in [-0.3, -0.25) is 9.59 Å². The summed E-state index contributed by atoms with van der Waals surface area (Å²) in [6, 6.07) is 7.91. The zero-order valence-electron chi connectivity index (χ0n) is 16.5. The number of esters is 1. The number of carbonyl (C=O) groups excluding carboxylic acids is 2. The van der Waals surface area contributed by atoms with Gasteiger partial charge in [-0.25, -0.2) is 4.98 Å². The van der Waals surface area contributed by atoms with Crippen LogP contribution in [0.5, 0.6) is 0 Å². The first-order valence-corrected chi connectivity index (χ1v) is 10.6. The molecule has 0 fully saturated rings. The summed E-state index contributed by atoms with van der Waals surface area (Å²) in [5.74, 6) is -0.234. The van der Waals surface area contributed by atoms with Gasteiger partial charge in [0.15, 0.2) is 4.34 Å². The summed E-state index contributed by atoms with van der Waals surface area (Å²) >= 11 is 2.98. The Hall–Kier alpha value is -1.64. The van der Waals surface area contributed by atoms with E-state index in [2.05, 4.69) is 4.98 Å². The minimum atomic E-state index is -0.566. The summed E-state index contributed by atoms with van der Waals surface area (Å²) < 4.78 is 7.32. The number of benzene rings is 1. The maximum atomic E-state index is 12.7. The number of aromatic nitrogens is 1. The first kappa shape index (κ1) is 21.7. The molecule has 0 saturated carbocycles. The quantitative estimate of drug-likeness (QED) is 0.493. The highest BCUT2D eigenvalue weighted by Gasteiger charge is 2.22. The summed E-state index contributed by atoms with van der Waals surface area (Å²) in [5.41, 5.74) is 0.374. The number of hydrogen-bond donors (Lipinski definition) is 0. The van der Waals surface area contributed by atoms with E-state index < -0.39 is 5.60 Å². The number of nitrogens with zero attached hydrogens (tertiary/aromatic N) is 3. The van der Waals surface area contributed by atoms with Gasteiger partial charge in [0.05, 0.1) is 16.0 Å². The molecule has 2 aromatic rings. The molecule has 0 spiro atoms. The van der Waals surface area contributed by atoms with Crippen LogP contribution in [0.15, 0.2) is 28.6 Å². The standard InChI is InChI=1S/C19H27N3O3S2/c1-19(2,3)25-17(24)12-22(11-10-21(4)5)16(23)13-26-18-20-14-8-6-7-9-15(14)27-18/h6-9H,10-13H2,1-5H3. The topological polar surface area (TPSA) is 62.7 Å². The first-order valence-electron chi connectivity index (χ1n) is 8.77. The Kier molecular flexibility index (Phi) is 7.64. The Morgan fingerprint density at radius 2 is 1.89 bits per heavy atom. The van der Waals surface area contributed by atoms with Crippen LogP contribution in [0.3, 0.4) is 0 Å². The summed E-state index contributed by atoms with van der Waals surface area (Å²) in [6.45, 7) is 6.58. The van der Waals surface area contributed by atoms with Crippen LogP contribution in [0.25, 0.3) is 10.2 Å². The van der Waals surface area contributed by atoms with Crippen LogP contribution in [0.2, 0.25) is 0 Å². The Balaban J connectivity index is 1.97. The third-order valence-corrected chi connectivity index (χ3v) is 5.67. The summed E-state index contributed by atoms with van der Waals surface area (Å²) in [6.07, 6.45) is 0. The van der Waals surface area contributed by atoms with Gasteiger partial charge in [-0.2, -0.15) is 0 Å². The number of rotatable bonds is 8. The van der Waals surface area contributed by atoms with Crippen LogP contribution in [-0.4, -0.2) is 71.7 Å². The van der Waals surface area contributed by atoms with Crippen molar-refractivity contribution in [1.82, 2.24) is 14.8 Å².